The fourth-order valence-electron chi connectivity index (χ4n) is 2.20. The number of anilines is 1. The minimum atomic E-state index is 0.164. The third-order valence-corrected chi connectivity index (χ3v) is 3.21. The van der Waals surface area contributed by atoms with E-state index < -0.39 is 0 Å². The van der Waals surface area contributed by atoms with Gasteiger partial charge in [-0.2, -0.15) is 0 Å². The quantitative estimate of drug-likeness (QED) is 0.638. The number of aryl methyl sites for hydroxylation is 2. The Hall–Kier alpha value is -2.41. The molecule has 3 N–H and O–H groups in total. The highest BCUT2D eigenvalue weighted by molar-refractivity contribution is 5.79. The van der Waals surface area contributed by atoms with Crippen molar-refractivity contribution in [1.82, 2.24) is 25.0 Å². The van der Waals surface area contributed by atoms with Crippen LogP contribution in [0.2, 0.25) is 0 Å². The van der Waals surface area contributed by atoms with Crippen LogP contribution in [0.1, 0.15) is 17.9 Å². The zero-order valence-corrected chi connectivity index (χ0v) is 11.9. The summed E-state index contributed by atoms with van der Waals surface area (Å²) in [6.45, 7) is 3.40. The molecule has 0 unspecified atom stereocenters. The average Bonchev–Trinajstić information content (AvgIpc) is 3.07. The van der Waals surface area contributed by atoms with E-state index in [1.807, 2.05) is 31.3 Å². The van der Waals surface area contributed by atoms with Gasteiger partial charge in [-0.1, -0.05) is 5.21 Å². The Balaban J connectivity index is 1.64. The summed E-state index contributed by atoms with van der Waals surface area (Å²) in [5, 5.41) is 20.2. The monoisotopic (exact) mass is 286 g/mol. The molecular weight excluding hydrogens is 268 g/mol. The molecule has 2 heterocycles. The van der Waals surface area contributed by atoms with E-state index in [2.05, 4.69) is 25.6 Å². The number of aliphatic hydroxyl groups is 1. The largest absolute Gasteiger partial charge is 0.396 e. The maximum Gasteiger partial charge on any atom is 0.104 e. The highest BCUT2D eigenvalue weighted by Gasteiger charge is 2.03. The van der Waals surface area contributed by atoms with Gasteiger partial charge in [0, 0.05) is 18.8 Å². The predicted octanol–water partition coefficient (Wildman–Crippen LogP) is 1.46. The maximum absolute atomic E-state index is 8.79. The predicted molar refractivity (Wildman–Crippen MR) is 79.9 cm³/mol. The van der Waals surface area contributed by atoms with Gasteiger partial charge in [0.25, 0.3) is 0 Å². The number of hydrogen-bond acceptors (Lipinski definition) is 5. The first-order valence-electron chi connectivity index (χ1n) is 6.95. The van der Waals surface area contributed by atoms with Crippen molar-refractivity contribution in [2.45, 2.75) is 26.4 Å². The summed E-state index contributed by atoms with van der Waals surface area (Å²) >= 11 is 0. The summed E-state index contributed by atoms with van der Waals surface area (Å²) in [6, 6.07) is 6.02. The van der Waals surface area contributed by atoms with E-state index in [1.165, 1.54) is 0 Å². The van der Waals surface area contributed by atoms with Crippen LogP contribution in [0.15, 0.2) is 24.4 Å². The number of H-pyrrole nitrogens is 1. The molecule has 0 aliphatic heterocycles. The number of aliphatic hydroxyl groups excluding tert-OH is 1. The zero-order chi connectivity index (χ0) is 14.7. The van der Waals surface area contributed by atoms with E-state index in [9.17, 15) is 0 Å². The number of fused-ring (bicyclic) bond motifs is 1. The van der Waals surface area contributed by atoms with Crippen molar-refractivity contribution in [3.8, 4) is 0 Å². The Kier molecular flexibility index (Phi) is 3.83. The number of aromatic amines is 1. The first-order valence-corrected chi connectivity index (χ1v) is 6.95. The number of rotatable bonds is 6. The van der Waals surface area contributed by atoms with Crippen molar-refractivity contribution < 1.29 is 5.11 Å². The lowest BCUT2D eigenvalue weighted by atomic mass is 10.2. The SMILES string of the molecule is Cc1nc2ccc(NCc3cn(CCCO)nn3)cc2[nH]1. The van der Waals surface area contributed by atoms with Crippen molar-refractivity contribution in [3.05, 3.63) is 35.9 Å². The molecule has 0 bridgehead atoms. The van der Waals surface area contributed by atoms with Gasteiger partial charge in [0.2, 0.25) is 0 Å². The number of imidazole rings is 1. The Morgan fingerprint density at radius 1 is 1.38 bits per heavy atom. The molecule has 0 atom stereocenters. The second kappa shape index (κ2) is 5.92. The van der Waals surface area contributed by atoms with Crippen LogP contribution in [0, 0.1) is 6.92 Å². The third kappa shape index (κ3) is 3.19. The summed E-state index contributed by atoms with van der Waals surface area (Å²) in [7, 11) is 0. The highest BCUT2D eigenvalue weighted by atomic mass is 16.3. The molecule has 3 rings (SSSR count). The second-order valence-electron chi connectivity index (χ2n) is 4.96. The zero-order valence-electron chi connectivity index (χ0n) is 11.9. The highest BCUT2D eigenvalue weighted by Crippen LogP contribution is 2.17. The summed E-state index contributed by atoms with van der Waals surface area (Å²) in [5.41, 5.74) is 3.86. The Morgan fingerprint density at radius 3 is 3.14 bits per heavy atom. The van der Waals surface area contributed by atoms with Crippen LogP contribution in [0.5, 0.6) is 0 Å². The number of benzene rings is 1. The van der Waals surface area contributed by atoms with Crippen molar-refractivity contribution in [1.29, 1.82) is 0 Å². The van der Waals surface area contributed by atoms with E-state index in [1.54, 1.807) is 4.68 Å². The molecule has 2 aromatic heterocycles. The summed E-state index contributed by atoms with van der Waals surface area (Å²) < 4.78 is 1.74. The van der Waals surface area contributed by atoms with Gasteiger partial charge in [0.05, 0.1) is 23.8 Å². The number of nitrogens with zero attached hydrogens (tertiary/aromatic N) is 4. The Morgan fingerprint density at radius 2 is 2.29 bits per heavy atom. The van der Waals surface area contributed by atoms with E-state index in [-0.39, 0.29) is 6.61 Å². The van der Waals surface area contributed by atoms with Crippen molar-refractivity contribution in [3.63, 3.8) is 0 Å². The average molecular weight is 286 g/mol. The smallest absolute Gasteiger partial charge is 0.104 e. The summed E-state index contributed by atoms with van der Waals surface area (Å²) in [4.78, 5) is 7.59. The van der Waals surface area contributed by atoms with Gasteiger partial charge in [-0.25, -0.2) is 4.98 Å². The number of aromatic nitrogens is 5. The molecule has 110 valence electrons. The molecule has 7 nitrogen and oxygen atoms in total. The normalized spacial score (nSPS) is 11.1. The van der Waals surface area contributed by atoms with Crippen LogP contribution in [0.3, 0.4) is 0 Å². The van der Waals surface area contributed by atoms with Crippen LogP contribution < -0.4 is 5.32 Å². The number of nitrogens with one attached hydrogen (secondary N) is 2. The van der Waals surface area contributed by atoms with E-state index >= 15 is 0 Å². The topological polar surface area (TPSA) is 91.7 Å². The molecule has 3 aromatic rings. The summed E-state index contributed by atoms with van der Waals surface area (Å²) in [5.74, 6) is 0.911. The van der Waals surface area contributed by atoms with E-state index in [0.29, 0.717) is 19.5 Å². The van der Waals surface area contributed by atoms with Crippen LogP contribution >= 0.6 is 0 Å². The van der Waals surface area contributed by atoms with Gasteiger partial charge in [-0.05, 0) is 31.5 Å². The van der Waals surface area contributed by atoms with Crippen molar-refractivity contribution >= 4 is 16.7 Å². The molecule has 0 aliphatic carbocycles. The lowest BCUT2D eigenvalue weighted by molar-refractivity contribution is 0.276. The van der Waals surface area contributed by atoms with Gasteiger partial charge >= 0.3 is 0 Å². The van der Waals surface area contributed by atoms with Gasteiger partial charge in [-0.3, -0.25) is 4.68 Å². The first-order chi connectivity index (χ1) is 10.2. The van der Waals surface area contributed by atoms with Gasteiger partial charge in [0.15, 0.2) is 0 Å². The van der Waals surface area contributed by atoms with Crippen LogP contribution in [0.25, 0.3) is 11.0 Å². The van der Waals surface area contributed by atoms with Crippen LogP contribution in [0.4, 0.5) is 5.69 Å². The fourth-order valence-corrected chi connectivity index (χ4v) is 2.20. The minimum absolute atomic E-state index is 0.164. The van der Waals surface area contributed by atoms with E-state index in [0.717, 1.165) is 28.2 Å². The standard InChI is InChI=1S/C14H18N6O/c1-10-16-13-4-3-11(7-14(13)17-10)15-8-12-9-20(19-18-12)5-2-6-21/h3-4,7,9,15,21H,2,5-6,8H2,1H3,(H,16,17). The van der Waals surface area contributed by atoms with Crippen LogP contribution in [-0.4, -0.2) is 36.7 Å². The molecule has 0 aliphatic rings. The lowest BCUT2D eigenvalue weighted by Gasteiger charge is -2.03. The second-order valence-corrected chi connectivity index (χ2v) is 4.96. The Bertz CT molecular complexity index is 732. The first kappa shape index (κ1) is 13.6. The molecule has 0 saturated heterocycles. The third-order valence-electron chi connectivity index (χ3n) is 3.21. The molecule has 0 amide bonds. The van der Waals surface area contributed by atoms with Gasteiger partial charge in [0.1, 0.15) is 11.5 Å². The number of hydrogen-bond donors (Lipinski definition) is 3. The summed E-state index contributed by atoms with van der Waals surface area (Å²) in [6.07, 6.45) is 2.58. The maximum atomic E-state index is 8.79. The van der Waals surface area contributed by atoms with Gasteiger partial charge < -0.3 is 15.4 Å². The molecule has 0 spiro atoms. The molecule has 0 radical (unpaired) electrons. The van der Waals surface area contributed by atoms with Crippen molar-refractivity contribution in [2.75, 3.05) is 11.9 Å². The molecular formula is C14H18N6O. The van der Waals surface area contributed by atoms with Crippen molar-refractivity contribution in [2.24, 2.45) is 0 Å². The lowest BCUT2D eigenvalue weighted by Crippen LogP contribution is -2.01. The minimum Gasteiger partial charge on any atom is -0.396 e. The molecule has 0 fully saturated rings. The molecule has 1 aromatic carbocycles. The molecule has 0 saturated carbocycles. The molecule has 7 heteroatoms. The molecule has 21 heavy (non-hydrogen) atoms. The van der Waals surface area contributed by atoms with Gasteiger partial charge in [-0.15, -0.1) is 5.10 Å². The fraction of sp³-hybridized carbons (Fsp3) is 0.357. The van der Waals surface area contributed by atoms with E-state index in [4.69, 9.17) is 5.11 Å². The van der Waals surface area contributed by atoms with Crippen LogP contribution in [-0.2, 0) is 13.1 Å². The Labute approximate surface area is 122 Å².